The van der Waals surface area contributed by atoms with Crippen LogP contribution in [0.1, 0.15) is 59.1 Å². The van der Waals surface area contributed by atoms with Crippen LogP contribution in [0.25, 0.3) is 0 Å². The number of carboxylic acid groups (broad SMARTS) is 1. The Kier molecular flexibility index (Phi) is 12.6. The second-order valence-corrected chi connectivity index (χ2v) is 9.35. The van der Waals surface area contributed by atoms with Gasteiger partial charge in [-0.05, 0) is 24.7 Å². The predicted molar refractivity (Wildman–Crippen MR) is 131 cm³/mol. The minimum atomic E-state index is -1.26. The van der Waals surface area contributed by atoms with Crippen LogP contribution in [0, 0.1) is 11.8 Å². The molecule has 0 spiro atoms. The zero-order chi connectivity index (χ0) is 27.4. The van der Waals surface area contributed by atoms with Crippen molar-refractivity contribution in [1.82, 2.24) is 25.9 Å². The molecule has 13 nitrogen and oxygen atoms in total. The molecule has 0 aliphatic carbocycles. The molecule has 1 rings (SSSR count). The van der Waals surface area contributed by atoms with E-state index in [1.54, 1.807) is 6.92 Å². The van der Waals surface area contributed by atoms with Crippen molar-refractivity contribution in [3.05, 3.63) is 18.2 Å². The molecule has 9 N–H and O–H groups in total. The largest absolute Gasteiger partial charge is 0.480 e. The van der Waals surface area contributed by atoms with Crippen LogP contribution >= 0.6 is 0 Å². The molecule has 0 aromatic carbocycles. The van der Waals surface area contributed by atoms with Crippen molar-refractivity contribution in [1.29, 1.82) is 0 Å². The fourth-order valence-electron chi connectivity index (χ4n) is 3.40. The average molecular weight is 510 g/mol. The molecule has 0 aliphatic rings. The molecule has 0 saturated carbocycles. The molecular weight excluding hydrogens is 470 g/mol. The molecule has 202 valence electrons. The van der Waals surface area contributed by atoms with E-state index in [0.29, 0.717) is 12.1 Å². The third-order valence-corrected chi connectivity index (χ3v) is 5.81. The molecule has 36 heavy (non-hydrogen) atoms. The van der Waals surface area contributed by atoms with Crippen molar-refractivity contribution >= 4 is 29.6 Å². The highest BCUT2D eigenvalue weighted by molar-refractivity contribution is 5.94. The molecule has 0 fully saturated rings. The maximum Gasteiger partial charge on any atom is 0.326 e. The summed E-state index contributed by atoms with van der Waals surface area (Å²) in [6.45, 7) is 7.35. The lowest BCUT2D eigenvalue weighted by atomic mass is 9.98. The normalized spacial score (nSPS) is 15.3. The number of nitrogens with two attached hydrogens (primary N) is 2. The van der Waals surface area contributed by atoms with Crippen LogP contribution in [0.4, 0.5) is 0 Å². The first-order valence-electron chi connectivity index (χ1n) is 12.0. The Bertz CT molecular complexity index is 890. The SMILES string of the molecule is CCC(C)C(N)C(=O)NC(CCC(N)=O)C(=O)NC(CC(C)C)C(=O)NC(Cc1cnc[nH]1)C(=O)O. The molecule has 1 heterocycles. The zero-order valence-electron chi connectivity index (χ0n) is 21.2. The van der Waals surface area contributed by atoms with Gasteiger partial charge in [0, 0.05) is 24.7 Å². The van der Waals surface area contributed by atoms with Crippen molar-refractivity contribution in [2.24, 2.45) is 23.3 Å². The van der Waals surface area contributed by atoms with Crippen LogP contribution in [0.15, 0.2) is 12.5 Å². The van der Waals surface area contributed by atoms with E-state index in [-0.39, 0.29) is 37.5 Å². The van der Waals surface area contributed by atoms with Gasteiger partial charge in [-0.1, -0.05) is 34.1 Å². The highest BCUT2D eigenvalue weighted by atomic mass is 16.4. The molecule has 0 aliphatic heterocycles. The highest BCUT2D eigenvalue weighted by Crippen LogP contribution is 2.10. The molecule has 0 bridgehead atoms. The summed E-state index contributed by atoms with van der Waals surface area (Å²) in [5.74, 6) is -4.06. The number of aromatic amines is 1. The smallest absolute Gasteiger partial charge is 0.326 e. The summed E-state index contributed by atoms with van der Waals surface area (Å²) in [5, 5.41) is 17.2. The summed E-state index contributed by atoms with van der Waals surface area (Å²) < 4.78 is 0. The second kappa shape index (κ2) is 14.8. The third-order valence-electron chi connectivity index (χ3n) is 5.81. The average Bonchev–Trinajstić information content (AvgIpc) is 3.32. The fraction of sp³-hybridized carbons (Fsp3) is 0.652. The third kappa shape index (κ3) is 10.4. The quantitative estimate of drug-likeness (QED) is 0.149. The van der Waals surface area contributed by atoms with Gasteiger partial charge in [-0.15, -0.1) is 0 Å². The van der Waals surface area contributed by atoms with Crippen LogP contribution < -0.4 is 27.4 Å². The van der Waals surface area contributed by atoms with E-state index in [4.69, 9.17) is 11.5 Å². The predicted octanol–water partition coefficient (Wildman–Crippen LogP) is -0.824. The van der Waals surface area contributed by atoms with E-state index in [1.165, 1.54) is 12.5 Å². The van der Waals surface area contributed by atoms with Gasteiger partial charge in [-0.25, -0.2) is 9.78 Å². The Morgan fingerprint density at radius 3 is 2.08 bits per heavy atom. The number of hydrogen-bond acceptors (Lipinski definition) is 7. The Labute approximate surface area is 210 Å². The Balaban J connectivity index is 3.02. The Morgan fingerprint density at radius 2 is 1.58 bits per heavy atom. The van der Waals surface area contributed by atoms with Gasteiger partial charge < -0.3 is 37.5 Å². The number of imidazole rings is 1. The molecule has 0 radical (unpaired) electrons. The number of aliphatic carboxylic acids is 1. The lowest BCUT2D eigenvalue weighted by Gasteiger charge is -2.26. The van der Waals surface area contributed by atoms with Gasteiger partial charge in [-0.2, -0.15) is 0 Å². The van der Waals surface area contributed by atoms with Gasteiger partial charge in [0.25, 0.3) is 0 Å². The number of carbonyl (C=O) groups is 5. The van der Waals surface area contributed by atoms with E-state index in [0.717, 1.165) is 0 Å². The van der Waals surface area contributed by atoms with Gasteiger partial charge in [0.15, 0.2) is 0 Å². The van der Waals surface area contributed by atoms with Crippen LogP contribution in [0.3, 0.4) is 0 Å². The summed E-state index contributed by atoms with van der Waals surface area (Å²) >= 11 is 0. The van der Waals surface area contributed by atoms with Crippen LogP contribution in [-0.4, -0.2) is 68.8 Å². The summed E-state index contributed by atoms with van der Waals surface area (Å²) in [6.07, 6.45) is 3.39. The van der Waals surface area contributed by atoms with Gasteiger partial charge in [0.05, 0.1) is 12.4 Å². The number of aromatic nitrogens is 2. The number of nitrogens with zero attached hydrogens (tertiary/aromatic N) is 1. The summed E-state index contributed by atoms with van der Waals surface area (Å²) in [5.41, 5.74) is 11.7. The number of primary amides is 1. The number of nitrogens with one attached hydrogen (secondary N) is 4. The van der Waals surface area contributed by atoms with Crippen molar-refractivity contribution < 1.29 is 29.1 Å². The van der Waals surface area contributed by atoms with Gasteiger partial charge >= 0.3 is 5.97 Å². The van der Waals surface area contributed by atoms with Crippen LogP contribution in [0.5, 0.6) is 0 Å². The molecule has 5 unspecified atom stereocenters. The first kappa shape index (κ1) is 30.6. The topological polar surface area (TPSA) is 222 Å². The standard InChI is InChI=1S/C23H39N7O6/c1-5-13(4)19(25)22(34)28-15(6-7-18(24)31)20(32)29-16(8-12(2)3)21(33)30-17(23(35)36)9-14-10-26-11-27-14/h10-13,15-17,19H,5-9,25H2,1-4H3,(H2,24,31)(H,26,27)(H,28,34)(H,29,32)(H,30,33)(H,35,36). The van der Waals surface area contributed by atoms with E-state index < -0.39 is 53.8 Å². The van der Waals surface area contributed by atoms with E-state index in [2.05, 4.69) is 25.9 Å². The summed E-state index contributed by atoms with van der Waals surface area (Å²) in [6, 6.07) is -4.38. The maximum absolute atomic E-state index is 13.1. The van der Waals surface area contributed by atoms with E-state index in [9.17, 15) is 29.1 Å². The van der Waals surface area contributed by atoms with Crippen molar-refractivity contribution in [3.8, 4) is 0 Å². The minimum absolute atomic E-state index is 0.0329. The van der Waals surface area contributed by atoms with Gasteiger partial charge in [0.2, 0.25) is 23.6 Å². The second-order valence-electron chi connectivity index (χ2n) is 9.35. The van der Waals surface area contributed by atoms with E-state index in [1.807, 2.05) is 20.8 Å². The van der Waals surface area contributed by atoms with Gasteiger partial charge in [-0.3, -0.25) is 19.2 Å². The molecule has 5 atom stereocenters. The molecular formula is C23H39N7O6. The molecule has 1 aromatic heterocycles. The Hall–Kier alpha value is -3.48. The molecule has 4 amide bonds. The zero-order valence-corrected chi connectivity index (χ0v) is 21.2. The number of rotatable bonds is 16. The van der Waals surface area contributed by atoms with Crippen molar-refractivity contribution in [3.63, 3.8) is 0 Å². The van der Waals surface area contributed by atoms with Crippen LogP contribution in [-0.2, 0) is 30.4 Å². The lowest BCUT2D eigenvalue weighted by Crippen LogP contribution is -2.58. The fourth-order valence-corrected chi connectivity index (χ4v) is 3.40. The van der Waals surface area contributed by atoms with Gasteiger partial charge in [0.1, 0.15) is 18.1 Å². The number of carbonyl (C=O) groups excluding carboxylic acids is 4. The first-order valence-corrected chi connectivity index (χ1v) is 12.0. The number of hydrogen-bond donors (Lipinski definition) is 7. The molecule has 1 aromatic rings. The number of carboxylic acids is 1. The summed E-state index contributed by atoms with van der Waals surface area (Å²) in [4.78, 5) is 68.3. The maximum atomic E-state index is 13.1. The van der Waals surface area contributed by atoms with Crippen LogP contribution in [0.2, 0.25) is 0 Å². The molecule has 0 saturated heterocycles. The lowest BCUT2D eigenvalue weighted by molar-refractivity contribution is -0.142. The molecule has 13 heteroatoms. The monoisotopic (exact) mass is 509 g/mol. The van der Waals surface area contributed by atoms with Crippen molar-refractivity contribution in [2.75, 3.05) is 0 Å². The highest BCUT2D eigenvalue weighted by Gasteiger charge is 2.31. The van der Waals surface area contributed by atoms with E-state index >= 15 is 0 Å². The number of amides is 4. The summed E-state index contributed by atoms with van der Waals surface area (Å²) in [7, 11) is 0. The Morgan fingerprint density at radius 1 is 1.00 bits per heavy atom. The van der Waals surface area contributed by atoms with Crippen molar-refractivity contribution in [2.45, 2.75) is 84.0 Å². The minimum Gasteiger partial charge on any atom is -0.480 e. The first-order chi connectivity index (χ1) is 16.8. The number of H-pyrrole nitrogens is 1.